The molecule has 2 heterocycles. The first kappa shape index (κ1) is 9.74. The van der Waals surface area contributed by atoms with E-state index in [0.717, 1.165) is 13.1 Å². The van der Waals surface area contributed by atoms with Crippen molar-refractivity contribution in [1.29, 1.82) is 0 Å². The van der Waals surface area contributed by atoms with E-state index < -0.39 is 0 Å². The number of aromatic nitrogens is 1. The average Bonchev–Trinajstić information content (AvgIpc) is 2.88. The average molecular weight is 193 g/mol. The molecule has 0 radical (unpaired) electrons. The van der Waals surface area contributed by atoms with Gasteiger partial charge >= 0.3 is 0 Å². The fourth-order valence-corrected chi connectivity index (χ4v) is 2.21. The van der Waals surface area contributed by atoms with E-state index in [2.05, 4.69) is 28.9 Å². The molecule has 0 aliphatic carbocycles. The molecule has 0 aromatic carbocycles. The van der Waals surface area contributed by atoms with Crippen molar-refractivity contribution < 1.29 is 0 Å². The maximum atomic E-state index is 5.68. The highest BCUT2D eigenvalue weighted by Gasteiger charge is 2.25. The maximum absolute atomic E-state index is 5.68. The topological polar surface area (TPSA) is 45.0 Å². The summed E-state index contributed by atoms with van der Waals surface area (Å²) in [4.78, 5) is 5.78. The number of hydrogen-bond acceptors (Lipinski definition) is 2. The number of rotatable bonds is 3. The molecule has 3 heteroatoms. The minimum atomic E-state index is 0.501. The Balaban J connectivity index is 1.97. The van der Waals surface area contributed by atoms with E-state index in [1.165, 1.54) is 18.7 Å². The molecule has 0 unspecified atom stereocenters. The van der Waals surface area contributed by atoms with Gasteiger partial charge in [0.25, 0.3) is 0 Å². The second-order valence-electron chi connectivity index (χ2n) is 4.19. The van der Waals surface area contributed by atoms with Gasteiger partial charge in [-0.05, 0) is 44.5 Å². The third-order valence-corrected chi connectivity index (χ3v) is 3.27. The summed E-state index contributed by atoms with van der Waals surface area (Å²) < 4.78 is 0. The molecule has 2 atom stereocenters. The molecule has 0 amide bonds. The van der Waals surface area contributed by atoms with Crippen molar-refractivity contribution in [3.8, 4) is 0 Å². The highest BCUT2D eigenvalue weighted by atomic mass is 15.2. The fourth-order valence-electron chi connectivity index (χ4n) is 2.21. The van der Waals surface area contributed by atoms with Gasteiger partial charge in [-0.25, -0.2) is 0 Å². The zero-order valence-electron chi connectivity index (χ0n) is 8.74. The molecule has 1 aliphatic rings. The van der Waals surface area contributed by atoms with Crippen molar-refractivity contribution >= 4 is 0 Å². The number of likely N-dealkylation sites (tertiary alicyclic amines) is 1. The third-order valence-electron chi connectivity index (χ3n) is 3.27. The predicted molar refractivity (Wildman–Crippen MR) is 57.9 cm³/mol. The Bertz CT molecular complexity index is 268. The Kier molecular flexibility index (Phi) is 2.89. The molecular weight excluding hydrogens is 174 g/mol. The molecular formula is C11H19N3. The molecule has 1 saturated heterocycles. The Morgan fingerprint density at radius 1 is 1.71 bits per heavy atom. The second-order valence-corrected chi connectivity index (χ2v) is 4.19. The van der Waals surface area contributed by atoms with Crippen LogP contribution in [-0.4, -0.2) is 29.5 Å². The van der Waals surface area contributed by atoms with Crippen molar-refractivity contribution in [3.63, 3.8) is 0 Å². The SMILES string of the molecule is C[C@H](c1ccc[nH]1)N1CC[C@@H](CN)C1. The van der Waals surface area contributed by atoms with Gasteiger partial charge in [-0.3, -0.25) is 4.90 Å². The van der Waals surface area contributed by atoms with E-state index in [1.807, 2.05) is 6.20 Å². The lowest BCUT2D eigenvalue weighted by Gasteiger charge is -2.23. The lowest BCUT2D eigenvalue weighted by Crippen LogP contribution is -2.26. The van der Waals surface area contributed by atoms with Gasteiger partial charge in [-0.15, -0.1) is 0 Å². The summed E-state index contributed by atoms with van der Waals surface area (Å²) in [6, 6.07) is 4.71. The van der Waals surface area contributed by atoms with Crippen molar-refractivity contribution in [3.05, 3.63) is 24.0 Å². The van der Waals surface area contributed by atoms with Crippen LogP contribution in [0.15, 0.2) is 18.3 Å². The van der Waals surface area contributed by atoms with E-state index in [0.29, 0.717) is 12.0 Å². The molecule has 78 valence electrons. The number of nitrogens with two attached hydrogens (primary N) is 1. The van der Waals surface area contributed by atoms with Gasteiger partial charge < -0.3 is 10.7 Å². The first-order chi connectivity index (χ1) is 6.81. The maximum Gasteiger partial charge on any atom is 0.0470 e. The summed E-state index contributed by atoms with van der Waals surface area (Å²) in [5.74, 6) is 0.701. The van der Waals surface area contributed by atoms with Crippen LogP contribution < -0.4 is 5.73 Å². The van der Waals surface area contributed by atoms with Gasteiger partial charge in [-0.1, -0.05) is 0 Å². The second kappa shape index (κ2) is 4.15. The van der Waals surface area contributed by atoms with Crippen molar-refractivity contribution in [2.75, 3.05) is 19.6 Å². The summed E-state index contributed by atoms with van der Waals surface area (Å²) in [5.41, 5.74) is 6.99. The Morgan fingerprint density at radius 3 is 3.14 bits per heavy atom. The molecule has 14 heavy (non-hydrogen) atoms. The number of hydrogen-bond donors (Lipinski definition) is 2. The molecule has 3 N–H and O–H groups in total. The molecule has 2 rings (SSSR count). The predicted octanol–water partition coefficient (Wildman–Crippen LogP) is 1.36. The lowest BCUT2D eigenvalue weighted by atomic mass is 10.1. The number of H-pyrrole nitrogens is 1. The highest BCUT2D eigenvalue weighted by Crippen LogP contribution is 2.25. The van der Waals surface area contributed by atoms with E-state index in [9.17, 15) is 0 Å². The number of nitrogens with zero attached hydrogens (tertiary/aromatic N) is 1. The molecule has 1 fully saturated rings. The standard InChI is InChI=1S/C11H19N3/c1-9(11-3-2-5-13-11)14-6-4-10(7-12)8-14/h2-3,5,9-10,13H,4,6-8,12H2,1H3/t9-,10+/m1/s1. The van der Waals surface area contributed by atoms with Crippen LogP contribution in [0.4, 0.5) is 0 Å². The van der Waals surface area contributed by atoms with Gasteiger partial charge in [-0.2, -0.15) is 0 Å². The highest BCUT2D eigenvalue weighted by molar-refractivity contribution is 5.08. The Labute approximate surface area is 85.3 Å². The van der Waals surface area contributed by atoms with Crippen LogP contribution >= 0.6 is 0 Å². The van der Waals surface area contributed by atoms with E-state index >= 15 is 0 Å². The molecule has 0 saturated carbocycles. The Hall–Kier alpha value is -0.800. The van der Waals surface area contributed by atoms with Gasteiger partial charge in [0.05, 0.1) is 0 Å². The number of aromatic amines is 1. The third kappa shape index (κ3) is 1.83. The van der Waals surface area contributed by atoms with E-state index in [-0.39, 0.29) is 0 Å². The smallest absolute Gasteiger partial charge is 0.0470 e. The summed E-state index contributed by atoms with van der Waals surface area (Å²) in [6.07, 6.45) is 3.24. The van der Waals surface area contributed by atoms with Gasteiger partial charge in [0.1, 0.15) is 0 Å². The van der Waals surface area contributed by atoms with Crippen molar-refractivity contribution in [1.82, 2.24) is 9.88 Å². The minimum absolute atomic E-state index is 0.501. The first-order valence-electron chi connectivity index (χ1n) is 5.38. The van der Waals surface area contributed by atoms with Crippen LogP contribution in [0.1, 0.15) is 25.1 Å². The monoisotopic (exact) mass is 193 g/mol. The van der Waals surface area contributed by atoms with E-state index in [4.69, 9.17) is 5.73 Å². The van der Waals surface area contributed by atoms with Crippen molar-refractivity contribution in [2.45, 2.75) is 19.4 Å². The molecule has 0 spiro atoms. The molecule has 1 aromatic heterocycles. The molecule has 1 aromatic rings. The summed E-state index contributed by atoms with van der Waals surface area (Å²) in [6.45, 7) is 5.41. The summed E-state index contributed by atoms with van der Waals surface area (Å²) in [5, 5.41) is 0. The lowest BCUT2D eigenvalue weighted by molar-refractivity contribution is 0.250. The van der Waals surface area contributed by atoms with Crippen LogP contribution in [0.3, 0.4) is 0 Å². The quantitative estimate of drug-likeness (QED) is 0.761. The first-order valence-corrected chi connectivity index (χ1v) is 5.38. The minimum Gasteiger partial charge on any atom is -0.364 e. The Morgan fingerprint density at radius 2 is 2.57 bits per heavy atom. The largest absolute Gasteiger partial charge is 0.364 e. The molecule has 0 bridgehead atoms. The summed E-state index contributed by atoms with van der Waals surface area (Å²) in [7, 11) is 0. The van der Waals surface area contributed by atoms with Gasteiger partial charge in [0.15, 0.2) is 0 Å². The molecule has 3 nitrogen and oxygen atoms in total. The van der Waals surface area contributed by atoms with Crippen LogP contribution in [0, 0.1) is 5.92 Å². The van der Waals surface area contributed by atoms with Gasteiger partial charge in [0, 0.05) is 24.5 Å². The zero-order chi connectivity index (χ0) is 9.97. The van der Waals surface area contributed by atoms with Crippen LogP contribution in [0.5, 0.6) is 0 Å². The van der Waals surface area contributed by atoms with E-state index in [1.54, 1.807) is 0 Å². The van der Waals surface area contributed by atoms with Crippen molar-refractivity contribution in [2.24, 2.45) is 11.7 Å². The normalized spacial score (nSPS) is 25.4. The van der Waals surface area contributed by atoms with Crippen LogP contribution in [0.25, 0.3) is 0 Å². The number of nitrogens with one attached hydrogen (secondary N) is 1. The van der Waals surface area contributed by atoms with Gasteiger partial charge in [0.2, 0.25) is 0 Å². The summed E-state index contributed by atoms with van der Waals surface area (Å²) >= 11 is 0. The molecule has 1 aliphatic heterocycles. The zero-order valence-corrected chi connectivity index (χ0v) is 8.74. The fraction of sp³-hybridized carbons (Fsp3) is 0.636. The van der Waals surface area contributed by atoms with Crippen LogP contribution in [-0.2, 0) is 0 Å². The van der Waals surface area contributed by atoms with Crippen LogP contribution in [0.2, 0.25) is 0 Å².